The number of alkyl halides is 5. The van der Waals surface area contributed by atoms with Crippen LogP contribution in [0, 0.1) is 0 Å². The quantitative estimate of drug-likeness (QED) is 0.801. The fraction of sp³-hybridized carbons (Fsp3) is 0.364. The van der Waals surface area contributed by atoms with Gasteiger partial charge in [0.1, 0.15) is 6.04 Å². The largest absolute Gasteiger partial charge is 0.443 e. The first-order chi connectivity index (χ1) is 9.11. The first kappa shape index (κ1) is 14.8. The summed E-state index contributed by atoms with van der Waals surface area (Å²) in [7, 11) is 0. The van der Waals surface area contributed by atoms with Gasteiger partial charge in [-0.15, -0.1) is 0 Å². The first-order valence-corrected chi connectivity index (χ1v) is 5.67. The molecule has 1 atom stereocenters. The first-order valence-electron chi connectivity index (χ1n) is 5.29. The second kappa shape index (κ2) is 4.76. The molecule has 1 aliphatic rings. The molecule has 1 fully saturated rings. The molecular weight excluding hydrogens is 309 g/mol. The van der Waals surface area contributed by atoms with Gasteiger partial charge in [0.05, 0.1) is 5.56 Å². The van der Waals surface area contributed by atoms with Crippen LogP contribution in [0.4, 0.5) is 26.7 Å². The Labute approximate surface area is 114 Å². The SMILES string of the molecule is O=C1N[C@H](c2ccc(Cl)cc2C(F)(F)F)C(F)(F)CO1. The van der Waals surface area contributed by atoms with E-state index < -0.39 is 42.0 Å². The van der Waals surface area contributed by atoms with Gasteiger partial charge in [-0.25, -0.2) is 13.6 Å². The monoisotopic (exact) mass is 315 g/mol. The summed E-state index contributed by atoms with van der Waals surface area (Å²) in [6.07, 6.45) is -6.08. The van der Waals surface area contributed by atoms with E-state index in [1.54, 1.807) is 5.32 Å². The van der Waals surface area contributed by atoms with Crippen LogP contribution in [0.3, 0.4) is 0 Å². The molecule has 0 aromatic heterocycles. The highest BCUT2D eigenvalue weighted by atomic mass is 35.5. The highest BCUT2D eigenvalue weighted by Gasteiger charge is 2.49. The average molecular weight is 316 g/mol. The van der Waals surface area contributed by atoms with Gasteiger partial charge < -0.3 is 10.1 Å². The van der Waals surface area contributed by atoms with Crippen molar-refractivity contribution in [1.29, 1.82) is 0 Å². The maximum atomic E-state index is 13.7. The second-order valence-electron chi connectivity index (χ2n) is 4.14. The van der Waals surface area contributed by atoms with Gasteiger partial charge in [-0.05, 0) is 17.7 Å². The van der Waals surface area contributed by atoms with Gasteiger partial charge in [0.15, 0.2) is 6.61 Å². The van der Waals surface area contributed by atoms with E-state index in [1.165, 1.54) is 0 Å². The molecule has 1 amide bonds. The Morgan fingerprint density at radius 3 is 2.60 bits per heavy atom. The van der Waals surface area contributed by atoms with E-state index in [2.05, 4.69) is 4.74 Å². The van der Waals surface area contributed by atoms with Crippen LogP contribution in [0.2, 0.25) is 5.02 Å². The molecule has 0 bridgehead atoms. The summed E-state index contributed by atoms with van der Waals surface area (Å²) in [6.45, 7) is -1.29. The number of nitrogens with one attached hydrogen (secondary N) is 1. The minimum absolute atomic E-state index is 0.247. The van der Waals surface area contributed by atoms with Crippen molar-refractivity contribution in [2.24, 2.45) is 0 Å². The van der Waals surface area contributed by atoms with Crippen molar-refractivity contribution in [2.45, 2.75) is 18.1 Å². The molecule has 1 heterocycles. The van der Waals surface area contributed by atoms with Crippen molar-refractivity contribution >= 4 is 17.7 Å². The van der Waals surface area contributed by atoms with Gasteiger partial charge in [0.25, 0.3) is 0 Å². The van der Waals surface area contributed by atoms with Gasteiger partial charge in [0, 0.05) is 5.02 Å². The lowest BCUT2D eigenvalue weighted by Crippen LogP contribution is -2.50. The smallest absolute Gasteiger partial charge is 0.416 e. The van der Waals surface area contributed by atoms with E-state index in [0.717, 1.165) is 12.1 Å². The molecule has 0 aliphatic carbocycles. The van der Waals surface area contributed by atoms with E-state index in [1.807, 2.05) is 0 Å². The number of ether oxygens (including phenoxy) is 1. The van der Waals surface area contributed by atoms with Crippen molar-refractivity contribution < 1.29 is 31.5 Å². The summed E-state index contributed by atoms with van der Waals surface area (Å²) in [4.78, 5) is 11.0. The number of rotatable bonds is 1. The molecule has 9 heteroatoms. The number of amides is 1. The van der Waals surface area contributed by atoms with Gasteiger partial charge in [-0.3, -0.25) is 0 Å². The fourth-order valence-electron chi connectivity index (χ4n) is 1.84. The summed E-state index contributed by atoms with van der Waals surface area (Å²) >= 11 is 5.46. The number of halogens is 6. The van der Waals surface area contributed by atoms with Crippen LogP contribution in [-0.4, -0.2) is 18.6 Å². The molecule has 1 aromatic carbocycles. The molecule has 110 valence electrons. The number of benzene rings is 1. The van der Waals surface area contributed by atoms with Gasteiger partial charge >= 0.3 is 18.2 Å². The lowest BCUT2D eigenvalue weighted by atomic mass is 9.95. The second-order valence-corrected chi connectivity index (χ2v) is 4.58. The molecule has 1 aromatic rings. The lowest BCUT2D eigenvalue weighted by molar-refractivity contribution is -0.141. The Balaban J connectivity index is 2.53. The molecule has 0 unspecified atom stereocenters. The van der Waals surface area contributed by atoms with E-state index in [-0.39, 0.29) is 5.02 Å². The minimum Gasteiger partial charge on any atom is -0.443 e. The Morgan fingerprint density at radius 1 is 1.35 bits per heavy atom. The summed E-state index contributed by atoms with van der Waals surface area (Å²) in [6, 6.07) is 0.269. The maximum absolute atomic E-state index is 13.7. The van der Waals surface area contributed by atoms with Gasteiger partial charge in [-0.1, -0.05) is 17.7 Å². The third-order valence-corrected chi connectivity index (χ3v) is 2.95. The summed E-state index contributed by atoms with van der Waals surface area (Å²) in [5, 5.41) is 1.45. The zero-order chi connectivity index (χ0) is 15.1. The standard InChI is InChI=1S/C11H7ClF5NO2/c12-5-1-2-6(7(3-5)11(15,16)17)8-10(13,14)4-20-9(19)18-8/h1-3,8H,4H2,(H,18,19)/t8-/m1/s1. The third kappa shape index (κ3) is 2.79. The number of carbonyl (C=O) groups excluding carboxylic acids is 1. The zero-order valence-corrected chi connectivity index (χ0v) is 10.4. The van der Waals surface area contributed by atoms with E-state index in [4.69, 9.17) is 11.6 Å². The highest BCUT2D eigenvalue weighted by molar-refractivity contribution is 6.30. The number of cyclic esters (lactones) is 1. The Kier molecular flexibility index (Phi) is 3.53. The molecular formula is C11H7ClF5NO2. The average Bonchev–Trinajstić information content (AvgIpc) is 2.31. The van der Waals surface area contributed by atoms with Crippen LogP contribution in [0.1, 0.15) is 17.2 Å². The lowest BCUT2D eigenvalue weighted by Gasteiger charge is -2.33. The summed E-state index contributed by atoms with van der Waals surface area (Å²) < 4.78 is 70.1. The van der Waals surface area contributed by atoms with Crippen LogP contribution in [-0.2, 0) is 10.9 Å². The van der Waals surface area contributed by atoms with E-state index in [0.29, 0.717) is 6.07 Å². The Morgan fingerprint density at radius 2 is 2.00 bits per heavy atom. The van der Waals surface area contributed by atoms with Crippen molar-refractivity contribution in [3.63, 3.8) is 0 Å². The molecule has 1 N–H and O–H groups in total. The molecule has 2 rings (SSSR count). The predicted octanol–water partition coefficient (Wildman–Crippen LogP) is 3.78. The normalized spacial score (nSPS) is 22.1. The van der Waals surface area contributed by atoms with Crippen LogP contribution in [0.25, 0.3) is 0 Å². The number of hydrogen-bond acceptors (Lipinski definition) is 2. The van der Waals surface area contributed by atoms with Crippen LogP contribution in [0.5, 0.6) is 0 Å². The molecule has 1 saturated heterocycles. The van der Waals surface area contributed by atoms with Crippen molar-refractivity contribution in [3.8, 4) is 0 Å². The van der Waals surface area contributed by atoms with Crippen molar-refractivity contribution in [1.82, 2.24) is 5.32 Å². The molecule has 20 heavy (non-hydrogen) atoms. The third-order valence-electron chi connectivity index (χ3n) is 2.71. The van der Waals surface area contributed by atoms with Crippen molar-refractivity contribution in [3.05, 3.63) is 34.3 Å². The molecule has 0 radical (unpaired) electrons. The molecule has 3 nitrogen and oxygen atoms in total. The molecule has 0 spiro atoms. The Hall–Kier alpha value is -1.57. The minimum atomic E-state index is -4.88. The number of hydrogen-bond donors (Lipinski definition) is 1. The zero-order valence-electron chi connectivity index (χ0n) is 9.60. The highest BCUT2D eigenvalue weighted by Crippen LogP contribution is 2.42. The van der Waals surface area contributed by atoms with Gasteiger partial charge in [0.2, 0.25) is 0 Å². The van der Waals surface area contributed by atoms with Crippen LogP contribution >= 0.6 is 11.6 Å². The van der Waals surface area contributed by atoms with Gasteiger partial charge in [-0.2, -0.15) is 13.2 Å². The number of alkyl carbamates (subject to hydrolysis) is 1. The molecule has 1 aliphatic heterocycles. The summed E-state index contributed by atoms with van der Waals surface area (Å²) in [5.74, 6) is -3.66. The van der Waals surface area contributed by atoms with Crippen LogP contribution < -0.4 is 5.32 Å². The summed E-state index contributed by atoms with van der Waals surface area (Å²) in [5.41, 5.74) is -2.08. The van der Waals surface area contributed by atoms with E-state index in [9.17, 15) is 26.7 Å². The van der Waals surface area contributed by atoms with Crippen LogP contribution in [0.15, 0.2) is 18.2 Å². The topological polar surface area (TPSA) is 38.3 Å². The Bertz CT molecular complexity index is 546. The van der Waals surface area contributed by atoms with E-state index >= 15 is 0 Å². The van der Waals surface area contributed by atoms with Crippen molar-refractivity contribution in [2.75, 3.05) is 6.61 Å². The maximum Gasteiger partial charge on any atom is 0.416 e. The predicted molar refractivity (Wildman–Crippen MR) is 58.6 cm³/mol. The molecule has 0 saturated carbocycles. The fourth-order valence-corrected chi connectivity index (χ4v) is 2.01. The number of carbonyl (C=O) groups is 1.